The number of nitro benzene ring substituents is 1. The van der Waals surface area contributed by atoms with Gasteiger partial charge in [-0.05, 0) is 44.0 Å². The Kier molecular flexibility index (Phi) is 8.03. The monoisotopic (exact) mass is 530 g/mol. The molecule has 3 rings (SSSR count). The summed E-state index contributed by atoms with van der Waals surface area (Å²) in [6, 6.07) is 8.25. The minimum absolute atomic E-state index is 0.0342. The largest absolute Gasteiger partial charge is 0.493 e. The van der Waals surface area contributed by atoms with Crippen LogP contribution in [0, 0.1) is 10.1 Å². The number of nitro groups is 1. The van der Waals surface area contributed by atoms with Gasteiger partial charge >= 0.3 is 5.69 Å². The number of hydrogen-bond donors (Lipinski definition) is 0. The highest BCUT2D eigenvalue weighted by atomic mass is 79.9. The molecular weight excluding hydrogens is 504 g/mol. The van der Waals surface area contributed by atoms with E-state index in [0.29, 0.717) is 28.7 Å². The number of rotatable bonds is 9. The van der Waals surface area contributed by atoms with E-state index in [-0.39, 0.29) is 34.8 Å². The van der Waals surface area contributed by atoms with Crippen LogP contribution in [-0.2, 0) is 0 Å². The molecule has 0 fully saturated rings. The molecule has 0 spiro atoms. The number of nitrogens with zero attached hydrogens (tertiary/aromatic N) is 4. The second kappa shape index (κ2) is 10.8. The van der Waals surface area contributed by atoms with Crippen LogP contribution in [0.5, 0.6) is 11.5 Å². The standard InChI is InChI=1S/C24H27BrN4O5/c1-6-14(3)23-27-19-9-8-17(25)12-18(19)24(30)28(23)26-13-16-10-20(29(31)32)22(21(11-16)33-5)34-15(4)7-2/h8-15H,6-7H2,1-5H3/t14-,15-/m1/s1. The van der Waals surface area contributed by atoms with Crippen molar-refractivity contribution in [2.24, 2.45) is 5.10 Å². The summed E-state index contributed by atoms with van der Waals surface area (Å²) >= 11 is 3.39. The molecule has 10 heteroatoms. The van der Waals surface area contributed by atoms with Gasteiger partial charge in [-0.3, -0.25) is 14.9 Å². The van der Waals surface area contributed by atoms with Crippen molar-refractivity contribution < 1.29 is 14.4 Å². The van der Waals surface area contributed by atoms with Gasteiger partial charge in [0, 0.05) is 22.0 Å². The number of aromatic nitrogens is 2. The highest BCUT2D eigenvalue weighted by Crippen LogP contribution is 2.39. The Morgan fingerprint density at radius 2 is 1.97 bits per heavy atom. The maximum absolute atomic E-state index is 13.3. The zero-order valence-corrected chi connectivity index (χ0v) is 21.3. The van der Waals surface area contributed by atoms with E-state index in [2.05, 4.69) is 26.0 Å². The van der Waals surface area contributed by atoms with E-state index in [4.69, 9.17) is 9.47 Å². The van der Waals surface area contributed by atoms with Crippen molar-refractivity contribution in [2.75, 3.05) is 7.11 Å². The fourth-order valence-corrected chi connectivity index (χ4v) is 3.64. The van der Waals surface area contributed by atoms with Gasteiger partial charge in [-0.1, -0.05) is 36.7 Å². The normalized spacial score (nSPS) is 13.2. The van der Waals surface area contributed by atoms with Gasteiger partial charge in [0.2, 0.25) is 5.75 Å². The van der Waals surface area contributed by atoms with Gasteiger partial charge in [-0.15, -0.1) is 0 Å². The lowest BCUT2D eigenvalue weighted by Crippen LogP contribution is -2.23. The Morgan fingerprint density at radius 3 is 2.59 bits per heavy atom. The molecule has 0 aliphatic carbocycles. The van der Waals surface area contributed by atoms with Crippen LogP contribution in [0.3, 0.4) is 0 Å². The molecule has 0 N–H and O–H groups in total. The van der Waals surface area contributed by atoms with Crippen LogP contribution in [0.25, 0.3) is 10.9 Å². The number of ether oxygens (including phenoxy) is 2. The number of benzene rings is 2. The molecule has 0 radical (unpaired) electrons. The fourth-order valence-electron chi connectivity index (χ4n) is 3.28. The quantitative estimate of drug-likeness (QED) is 0.201. The molecule has 3 aromatic rings. The summed E-state index contributed by atoms with van der Waals surface area (Å²) < 4.78 is 13.1. The second-order valence-corrected chi connectivity index (χ2v) is 8.88. The van der Waals surface area contributed by atoms with Gasteiger partial charge in [-0.25, -0.2) is 4.98 Å². The van der Waals surface area contributed by atoms with Gasteiger partial charge in [-0.2, -0.15) is 9.78 Å². The first-order chi connectivity index (χ1) is 16.2. The lowest BCUT2D eigenvalue weighted by atomic mass is 10.1. The van der Waals surface area contributed by atoms with Crippen LogP contribution < -0.4 is 15.0 Å². The summed E-state index contributed by atoms with van der Waals surface area (Å²) in [5, 5.41) is 16.6. The molecule has 0 amide bonds. The number of hydrogen-bond acceptors (Lipinski definition) is 7. The summed E-state index contributed by atoms with van der Waals surface area (Å²) in [6.45, 7) is 7.72. The van der Waals surface area contributed by atoms with Gasteiger partial charge in [0.05, 0.1) is 35.3 Å². The van der Waals surface area contributed by atoms with Crippen molar-refractivity contribution in [3.05, 3.63) is 66.7 Å². The van der Waals surface area contributed by atoms with E-state index < -0.39 is 4.92 Å². The van der Waals surface area contributed by atoms with E-state index in [1.807, 2.05) is 33.8 Å². The summed E-state index contributed by atoms with van der Waals surface area (Å²) in [5.41, 5.74) is 0.405. The fraction of sp³-hybridized carbons (Fsp3) is 0.375. The molecule has 9 nitrogen and oxygen atoms in total. The maximum atomic E-state index is 13.3. The molecule has 0 saturated heterocycles. The predicted octanol–water partition coefficient (Wildman–Crippen LogP) is 5.65. The van der Waals surface area contributed by atoms with Crippen molar-refractivity contribution in [1.82, 2.24) is 9.66 Å². The lowest BCUT2D eigenvalue weighted by Gasteiger charge is -2.16. The summed E-state index contributed by atoms with van der Waals surface area (Å²) in [7, 11) is 1.42. The molecule has 0 aliphatic rings. The summed E-state index contributed by atoms with van der Waals surface area (Å²) in [5.74, 6) is 0.754. The Balaban J connectivity index is 2.17. The minimum atomic E-state index is -0.524. The van der Waals surface area contributed by atoms with E-state index >= 15 is 0 Å². The minimum Gasteiger partial charge on any atom is -0.493 e. The van der Waals surface area contributed by atoms with Gasteiger partial charge in [0.1, 0.15) is 5.82 Å². The third kappa shape index (κ3) is 5.27. The number of fused-ring (bicyclic) bond motifs is 1. The lowest BCUT2D eigenvalue weighted by molar-refractivity contribution is -0.386. The average Bonchev–Trinajstić information content (AvgIpc) is 2.83. The molecule has 0 aliphatic heterocycles. The number of halogens is 1. The number of methoxy groups -OCH3 is 1. The van der Waals surface area contributed by atoms with Crippen LogP contribution in [0.4, 0.5) is 5.69 Å². The van der Waals surface area contributed by atoms with Crippen LogP contribution in [0.2, 0.25) is 0 Å². The molecule has 0 unspecified atom stereocenters. The van der Waals surface area contributed by atoms with Crippen LogP contribution in [0.1, 0.15) is 57.8 Å². The SMILES string of the molecule is CC[C@@H](C)Oc1c(OC)cc(C=Nn2c([C@H](C)CC)nc3ccc(Br)cc3c2=O)cc1[N+](=O)[O-]. The van der Waals surface area contributed by atoms with Crippen LogP contribution in [-0.4, -0.2) is 34.0 Å². The van der Waals surface area contributed by atoms with Crippen molar-refractivity contribution >= 4 is 38.7 Å². The molecule has 1 heterocycles. The van der Waals surface area contributed by atoms with Crippen molar-refractivity contribution in [3.8, 4) is 11.5 Å². The Bertz CT molecular complexity index is 1300. The van der Waals surface area contributed by atoms with Crippen molar-refractivity contribution in [3.63, 3.8) is 0 Å². The van der Waals surface area contributed by atoms with Gasteiger partial charge in [0.25, 0.3) is 5.56 Å². The molecule has 0 bridgehead atoms. The van der Waals surface area contributed by atoms with Crippen LogP contribution >= 0.6 is 15.9 Å². The van der Waals surface area contributed by atoms with Gasteiger partial charge in [0.15, 0.2) is 5.75 Å². The molecule has 180 valence electrons. The topological polar surface area (TPSA) is 109 Å². The predicted molar refractivity (Wildman–Crippen MR) is 135 cm³/mol. The van der Waals surface area contributed by atoms with E-state index in [9.17, 15) is 14.9 Å². The smallest absolute Gasteiger partial charge is 0.315 e. The van der Waals surface area contributed by atoms with E-state index in [0.717, 1.165) is 10.9 Å². The first-order valence-electron chi connectivity index (χ1n) is 11.0. The first-order valence-corrected chi connectivity index (χ1v) is 11.8. The summed E-state index contributed by atoms with van der Waals surface area (Å²) in [6.07, 6.45) is 2.59. The zero-order valence-electron chi connectivity index (χ0n) is 19.7. The summed E-state index contributed by atoms with van der Waals surface area (Å²) in [4.78, 5) is 29.2. The molecule has 1 aromatic heterocycles. The third-order valence-electron chi connectivity index (χ3n) is 5.58. The zero-order chi connectivity index (χ0) is 25.0. The highest BCUT2D eigenvalue weighted by Gasteiger charge is 2.24. The molecular formula is C24H27BrN4O5. The maximum Gasteiger partial charge on any atom is 0.315 e. The second-order valence-electron chi connectivity index (χ2n) is 7.97. The van der Waals surface area contributed by atoms with Gasteiger partial charge < -0.3 is 9.47 Å². The molecule has 2 atom stereocenters. The highest BCUT2D eigenvalue weighted by molar-refractivity contribution is 9.10. The average molecular weight is 531 g/mol. The Labute approximate surface area is 205 Å². The van der Waals surface area contributed by atoms with E-state index in [1.54, 1.807) is 18.2 Å². The molecule has 0 saturated carbocycles. The molecule has 34 heavy (non-hydrogen) atoms. The Morgan fingerprint density at radius 1 is 1.24 bits per heavy atom. The van der Waals surface area contributed by atoms with Crippen molar-refractivity contribution in [1.29, 1.82) is 0 Å². The van der Waals surface area contributed by atoms with E-state index in [1.165, 1.54) is 24.1 Å². The van der Waals surface area contributed by atoms with Crippen molar-refractivity contribution in [2.45, 2.75) is 52.6 Å². The first kappa shape index (κ1) is 25.4. The molecule has 2 aromatic carbocycles. The third-order valence-corrected chi connectivity index (χ3v) is 6.07. The Hall–Kier alpha value is -3.27. The van der Waals surface area contributed by atoms with Crippen LogP contribution in [0.15, 0.2) is 44.7 Å².